The standard InChI is InChI=1S/C13H15Cl3NO6P/c1-8-2-4-9(5-3-8)10(18)6-11(24(20,21)22)17-12(19)23-7-13(14,15)16/h2-5,11H,6-7H2,1H3,(H,17,19)(H2,20,21,22). The summed E-state index contributed by atoms with van der Waals surface area (Å²) >= 11 is 16.2. The number of carbonyl (C=O) groups excluding carboxylic acids is 2. The maximum atomic E-state index is 12.1. The fourth-order valence-corrected chi connectivity index (χ4v) is 2.45. The zero-order valence-electron chi connectivity index (χ0n) is 12.4. The molecule has 0 aromatic heterocycles. The monoisotopic (exact) mass is 417 g/mol. The van der Waals surface area contributed by atoms with Crippen molar-refractivity contribution in [3.63, 3.8) is 0 Å². The average Bonchev–Trinajstić information content (AvgIpc) is 2.43. The highest BCUT2D eigenvalue weighted by molar-refractivity contribution is 7.52. The maximum Gasteiger partial charge on any atom is 0.408 e. The number of ether oxygens (including phenoxy) is 1. The predicted molar refractivity (Wildman–Crippen MR) is 90.7 cm³/mol. The molecule has 7 nitrogen and oxygen atoms in total. The van der Waals surface area contributed by atoms with Crippen LogP contribution in [0.25, 0.3) is 0 Å². The van der Waals surface area contributed by atoms with Gasteiger partial charge in [-0.15, -0.1) is 0 Å². The Kier molecular flexibility index (Phi) is 7.53. The van der Waals surface area contributed by atoms with Crippen LogP contribution in [-0.2, 0) is 9.30 Å². The molecule has 0 heterocycles. The number of alkyl halides is 3. The molecule has 0 aliphatic carbocycles. The van der Waals surface area contributed by atoms with Crippen LogP contribution in [0, 0.1) is 6.92 Å². The van der Waals surface area contributed by atoms with Crippen LogP contribution >= 0.6 is 42.4 Å². The molecule has 0 saturated heterocycles. The number of ketones is 1. The summed E-state index contributed by atoms with van der Waals surface area (Å²) in [4.78, 5) is 42.3. The van der Waals surface area contributed by atoms with E-state index < -0.39 is 42.1 Å². The molecule has 3 N–H and O–H groups in total. The number of Topliss-reactive ketones (excluding diaryl/α,β-unsaturated/α-hetero) is 1. The first-order valence-corrected chi connectivity index (χ1v) is 9.35. The first-order valence-electron chi connectivity index (χ1n) is 6.53. The van der Waals surface area contributed by atoms with Gasteiger partial charge in [0.25, 0.3) is 0 Å². The molecule has 24 heavy (non-hydrogen) atoms. The third-order valence-corrected chi connectivity index (χ3v) is 4.26. The normalized spacial score (nSPS) is 13.2. The summed E-state index contributed by atoms with van der Waals surface area (Å²) in [5, 5.41) is 1.92. The smallest absolute Gasteiger partial charge is 0.408 e. The minimum Gasteiger partial charge on any atom is -0.445 e. The van der Waals surface area contributed by atoms with Gasteiger partial charge in [0, 0.05) is 12.0 Å². The zero-order chi connectivity index (χ0) is 18.5. The Bertz CT molecular complexity index is 640. The first kappa shape index (κ1) is 21.2. The molecular weight excluding hydrogens is 403 g/mol. The van der Waals surface area contributed by atoms with Crippen molar-refractivity contribution in [3.05, 3.63) is 35.4 Å². The summed E-state index contributed by atoms with van der Waals surface area (Å²) < 4.78 is 14.1. The van der Waals surface area contributed by atoms with Gasteiger partial charge in [0.2, 0.25) is 3.79 Å². The number of aryl methyl sites for hydroxylation is 1. The molecule has 1 aromatic rings. The van der Waals surface area contributed by atoms with Crippen molar-refractivity contribution in [1.29, 1.82) is 0 Å². The highest BCUT2D eigenvalue weighted by Gasteiger charge is 2.34. The average molecular weight is 419 g/mol. The van der Waals surface area contributed by atoms with Crippen molar-refractivity contribution in [2.75, 3.05) is 6.61 Å². The maximum absolute atomic E-state index is 12.1. The predicted octanol–water partition coefficient (Wildman–Crippen LogP) is 3.17. The van der Waals surface area contributed by atoms with E-state index in [1.807, 2.05) is 12.2 Å². The van der Waals surface area contributed by atoms with Gasteiger partial charge in [0.15, 0.2) is 5.78 Å². The summed E-state index contributed by atoms with van der Waals surface area (Å²) in [7, 11) is -4.81. The fourth-order valence-electron chi connectivity index (χ4n) is 1.61. The highest BCUT2D eigenvalue weighted by Crippen LogP contribution is 2.42. The molecule has 1 atom stereocenters. The summed E-state index contributed by atoms with van der Waals surface area (Å²) in [6.45, 7) is 1.21. The van der Waals surface area contributed by atoms with Crippen LogP contribution in [0.2, 0.25) is 0 Å². The molecule has 0 spiro atoms. The van der Waals surface area contributed by atoms with Gasteiger partial charge in [0.1, 0.15) is 12.4 Å². The second-order valence-corrected chi connectivity index (χ2v) is 9.25. The molecule has 0 bridgehead atoms. The minimum absolute atomic E-state index is 0.260. The molecular formula is C13H15Cl3NO6P. The number of amides is 1. The number of nitrogens with one attached hydrogen (secondary N) is 1. The van der Waals surface area contributed by atoms with Crippen LogP contribution in [-0.4, -0.2) is 37.8 Å². The lowest BCUT2D eigenvalue weighted by Crippen LogP contribution is -2.38. The van der Waals surface area contributed by atoms with E-state index in [0.29, 0.717) is 0 Å². The van der Waals surface area contributed by atoms with E-state index in [2.05, 4.69) is 4.74 Å². The summed E-state index contributed by atoms with van der Waals surface area (Å²) in [5.74, 6) is -2.31. The number of halogens is 3. The lowest BCUT2D eigenvalue weighted by Gasteiger charge is -2.20. The number of carbonyl (C=O) groups is 2. The summed E-state index contributed by atoms with van der Waals surface area (Å²) in [6, 6.07) is 6.41. The Balaban J connectivity index is 2.76. The highest BCUT2D eigenvalue weighted by atomic mass is 35.6. The second kappa shape index (κ2) is 8.52. The lowest BCUT2D eigenvalue weighted by molar-refractivity contribution is 0.0970. The van der Waals surface area contributed by atoms with Gasteiger partial charge < -0.3 is 19.8 Å². The number of benzene rings is 1. The van der Waals surface area contributed by atoms with E-state index in [9.17, 15) is 23.9 Å². The van der Waals surface area contributed by atoms with E-state index in [0.717, 1.165) is 5.56 Å². The SMILES string of the molecule is Cc1ccc(C(=O)CC(NC(=O)OCC(Cl)(Cl)Cl)P(=O)(O)O)cc1. The van der Waals surface area contributed by atoms with Gasteiger partial charge >= 0.3 is 13.7 Å². The molecule has 11 heteroatoms. The Labute approximate surface area is 153 Å². The minimum atomic E-state index is -4.81. The number of alkyl carbamates (subject to hydrolysis) is 1. The van der Waals surface area contributed by atoms with Crippen LogP contribution in [0.4, 0.5) is 4.79 Å². The van der Waals surface area contributed by atoms with Crippen LogP contribution < -0.4 is 5.32 Å². The number of hydrogen-bond donors (Lipinski definition) is 3. The molecule has 0 aliphatic rings. The van der Waals surface area contributed by atoms with E-state index in [1.165, 1.54) is 12.1 Å². The van der Waals surface area contributed by atoms with Crippen molar-refractivity contribution < 1.29 is 28.7 Å². The summed E-state index contributed by atoms with van der Waals surface area (Å²) in [6.07, 6.45) is -1.83. The number of hydrogen-bond acceptors (Lipinski definition) is 4. The molecule has 1 amide bonds. The molecule has 0 saturated carbocycles. The number of rotatable bonds is 6. The third-order valence-electron chi connectivity index (χ3n) is 2.81. The van der Waals surface area contributed by atoms with Crippen molar-refractivity contribution >= 4 is 54.3 Å². The van der Waals surface area contributed by atoms with Crippen LogP contribution in [0.1, 0.15) is 22.3 Å². The third kappa shape index (κ3) is 7.83. The van der Waals surface area contributed by atoms with Crippen LogP contribution in [0.3, 0.4) is 0 Å². The molecule has 1 unspecified atom stereocenters. The molecule has 1 aromatic carbocycles. The topological polar surface area (TPSA) is 113 Å². The van der Waals surface area contributed by atoms with E-state index in [1.54, 1.807) is 12.1 Å². The van der Waals surface area contributed by atoms with Gasteiger partial charge in [-0.05, 0) is 6.92 Å². The molecule has 1 rings (SSSR count). The largest absolute Gasteiger partial charge is 0.445 e. The van der Waals surface area contributed by atoms with Crippen molar-refractivity contribution in [1.82, 2.24) is 5.32 Å². The zero-order valence-corrected chi connectivity index (χ0v) is 15.6. The molecule has 134 valence electrons. The van der Waals surface area contributed by atoms with Gasteiger partial charge in [-0.2, -0.15) is 0 Å². The Morgan fingerprint density at radius 1 is 1.25 bits per heavy atom. The lowest BCUT2D eigenvalue weighted by atomic mass is 10.1. The van der Waals surface area contributed by atoms with Crippen molar-refractivity contribution in [2.24, 2.45) is 0 Å². The van der Waals surface area contributed by atoms with Gasteiger partial charge in [-0.3, -0.25) is 9.36 Å². The van der Waals surface area contributed by atoms with E-state index >= 15 is 0 Å². The van der Waals surface area contributed by atoms with Crippen LogP contribution in [0.15, 0.2) is 24.3 Å². The fraction of sp³-hybridized carbons (Fsp3) is 0.385. The van der Waals surface area contributed by atoms with E-state index in [-0.39, 0.29) is 5.56 Å². The van der Waals surface area contributed by atoms with Crippen molar-refractivity contribution in [2.45, 2.75) is 22.9 Å². The summed E-state index contributed by atoms with van der Waals surface area (Å²) in [5.41, 5.74) is 1.18. The van der Waals surface area contributed by atoms with Crippen molar-refractivity contribution in [3.8, 4) is 0 Å². The molecule has 0 radical (unpaired) electrons. The van der Waals surface area contributed by atoms with Gasteiger partial charge in [-0.25, -0.2) is 4.79 Å². The van der Waals surface area contributed by atoms with Gasteiger partial charge in [0.05, 0.1) is 0 Å². The first-order chi connectivity index (χ1) is 10.9. The molecule has 0 fully saturated rings. The quantitative estimate of drug-likeness (QED) is 0.371. The Morgan fingerprint density at radius 3 is 2.25 bits per heavy atom. The molecule has 0 aliphatic heterocycles. The van der Waals surface area contributed by atoms with Crippen LogP contribution in [0.5, 0.6) is 0 Å². The van der Waals surface area contributed by atoms with Gasteiger partial charge in [-0.1, -0.05) is 64.6 Å². The Morgan fingerprint density at radius 2 is 1.79 bits per heavy atom. The van der Waals surface area contributed by atoms with E-state index in [4.69, 9.17) is 34.8 Å². The second-order valence-electron chi connectivity index (χ2n) is 4.93. The Hall–Kier alpha value is -0.820.